The van der Waals surface area contributed by atoms with Crippen molar-refractivity contribution in [2.45, 2.75) is 19.4 Å². The molecule has 118 valence electrons. The number of rotatable bonds is 6. The molecule has 1 saturated heterocycles. The van der Waals surface area contributed by atoms with E-state index in [1.165, 1.54) is 7.11 Å². The van der Waals surface area contributed by atoms with Gasteiger partial charge >= 0.3 is 5.97 Å². The second-order valence-corrected chi connectivity index (χ2v) is 4.71. The molecule has 7 nitrogen and oxygen atoms in total. The number of nitrogens with zero attached hydrogens (tertiary/aromatic N) is 1. The van der Waals surface area contributed by atoms with Crippen LogP contribution >= 0.6 is 0 Å². The Hall–Kier alpha value is -2.41. The molecule has 1 fully saturated rings. The Morgan fingerprint density at radius 1 is 1.32 bits per heavy atom. The average molecular weight is 306 g/mol. The molecule has 1 heterocycles. The van der Waals surface area contributed by atoms with E-state index in [0.29, 0.717) is 18.0 Å². The number of hydrogen-bond donors (Lipinski definition) is 1. The maximum Gasteiger partial charge on any atom is 0.319 e. The lowest BCUT2D eigenvalue weighted by Gasteiger charge is -2.15. The Bertz CT molecular complexity index is 570. The van der Waals surface area contributed by atoms with Gasteiger partial charge in [-0.15, -0.1) is 0 Å². The van der Waals surface area contributed by atoms with Crippen LogP contribution in [0.15, 0.2) is 24.3 Å². The molecule has 0 aliphatic carbocycles. The van der Waals surface area contributed by atoms with Crippen molar-refractivity contribution in [3.05, 3.63) is 24.3 Å². The van der Waals surface area contributed by atoms with E-state index in [2.05, 4.69) is 10.1 Å². The van der Waals surface area contributed by atoms with Crippen molar-refractivity contribution in [1.82, 2.24) is 5.32 Å². The van der Waals surface area contributed by atoms with E-state index in [1.54, 1.807) is 24.3 Å². The van der Waals surface area contributed by atoms with Gasteiger partial charge < -0.3 is 9.47 Å². The number of carbonyl (C=O) groups excluding carboxylic acids is 3. The number of ether oxygens (including phenoxy) is 2. The molecule has 1 aromatic rings. The lowest BCUT2D eigenvalue weighted by atomic mass is 10.2. The molecule has 1 aromatic carbocycles. The van der Waals surface area contributed by atoms with Crippen LogP contribution in [0.1, 0.15) is 13.3 Å². The molecule has 2 rings (SSSR count). The Morgan fingerprint density at radius 2 is 2.00 bits per heavy atom. The molecule has 1 aliphatic heterocycles. The van der Waals surface area contributed by atoms with Gasteiger partial charge in [0.05, 0.1) is 38.4 Å². The first-order valence-corrected chi connectivity index (χ1v) is 6.96. The van der Waals surface area contributed by atoms with E-state index in [0.717, 1.165) is 4.90 Å². The normalized spacial score (nSPS) is 17.7. The van der Waals surface area contributed by atoms with Crippen LogP contribution in [0.3, 0.4) is 0 Å². The fraction of sp³-hybridized carbons (Fsp3) is 0.400. The van der Waals surface area contributed by atoms with Gasteiger partial charge in [0.1, 0.15) is 5.75 Å². The van der Waals surface area contributed by atoms with E-state index in [9.17, 15) is 14.4 Å². The molecule has 1 unspecified atom stereocenters. The second-order valence-electron chi connectivity index (χ2n) is 4.71. The number of nitrogens with one attached hydrogen (secondary N) is 1. The van der Waals surface area contributed by atoms with Crippen molar-refractivity contribution in [1.29, 1.82) is 0 Å². The SMILES string of the molecule is CCOc1ccc(N2C(=O)CC(NCC(=O)OC)C2=O)cc1. The van der Waals surface area contributed by atoms with Gasteiger partial charge in [0.2, 0.25) is 5.91 Å². The Morgan fingerprint density at radius 3 is 2.59 bits per heavy atom. The molecule has 22 heavy (non-hydrogen) atoms. The number of hydrogen-bond acceptors (Lipinski definition) is 6. The van der Waals surface area contributed by atoms with Crippen LogP contribution in [0.2, 0.25) is 0 Å². The molecular weight excluding hydrogens is 288 g/mol. The number of esters is 1. The van der Waals surface area contributed by atoms with Gasteiger partial charge in [-0.25, -0.2) is 4.90 Å². The third-order valence-electron chi connectivity index (χ3n) is 3.27. The van der Waals surface area contributed by atoms with Gasteiger partial charge in [-0.3, -0.25) is 19.7 Å². The topological polar surface area (TPSA) is 84.9 Å². The maximum atomic E-state index is 12.3. The zero-order valence-corrected chi connectivity index (χ0v) is 12.5. The van der Waals surface area contributed by atoms with Crippen LogP contribution < -0.4 is 15.0 Å². The monoisotopic (exact) mass is 306 g/mol. The molecule has 1 aliphatic rings. The minimum atomic E-state index is -0.710. The van der Waals surface area contributed by atoms with Crippen LogP contribution in [0.4, 0.5) is 5.69 Å². The number of carbonyl (C=O) groups is 3. The summed E-state index contributed by atoms with van der Waals surface area (Å²) in [6.45, 7) is 2.30. The van der Waals surface area contributed by atoms with Crippen LogP contribution in [0, 0.1) is 0 Å². The van der Waals surface area contributed by atoms with Gasteiger partial charge in [0.25, 0.3) is 5.91 Å². The summed E-state index contributed by atoms with van der Waals surface area (Å²) in [5, 5.41) is 2.73. The lowest BCUT2D eigenvalue weighted by molar-refractivity contribution is -0.139. The number of benzene rings is 1. The zero-order valence-electron chi connectivity index (χ0n) is 12.5. The summed E-state index contributed by atoms with van der Waals surface area (Å²) in [5.41, 5.74) is 0.487. The fourth-order valence-electron chi connectivity index (χ4n) is 2.20. The van der Waals surface area contributed by atoms with E-state index in [1.807, 2.05) is 6.92 Å². The van der Waals surface area contributed by atoms with E-state index in [-0.39, 0.29) is 24.8 Å². The van der Waals surface area contributed by atoms with Crippen LogP contribution in [-0.2, 0) is 19.1 Å². The van der Waals surface area contributed by atoms with Crippen molar-refractivity contribution in [3.8, 4) is 5.75 Å². The second kappa shape index (κ2) is 7.04. The third kappa shape index (κ3) is 3.43. The molecule has 0 radical (unpaired) electrons. The largest absolute Gasteiger partial charge is 0.494 e. The van der Waals surface area contributed by atoms with Crippen molar-refractivity contribution in [2.75, 3.05) is 25.2 Å². The molecule has 2 amide bonds. The van der Waals surface area contributed by atoms with E-state index in [4.69, 9.17) is 4.74 Å². The number of imide groups is 1. The van der Waals surface area contributed by atoms with Crippen molar-refractivity contribution in [2.24, 2.45) is 0 Å². The fourth-order valence-corrected chi connectivity index (χ4v) is 2.20. The average Bonchev–Trinajstić information content (AvgIpc) is 2.80. The minimum absolute atomic E-state index is 0.0169. The van der Waals surface area contributed by atoms with Crippen molar-refractivity contribution >= 4 is 23.5 Å². The molecule has 0 bridgehead atoms. The highest BCUT2D eigenvalue weighted by atomic mass is 16.5. The first-order chi connectivity index (χ1) is 10.6. The standard InChI is InChI=1S/C15H18N2O5/c1-3-22-11-6-4-10(5-7-11)17-13(18)8-12(15(17)20)16-9-14(19)21-2/h4-7,12,16H,3,8-9H2,1-2H3. The smallest absolute Gasteiger partial charge is 0.319 e. The van der Waals surface area contributed by atoms with Gasteiger partial charge in [-0.2, -0.15) is 0 Å². The molecule has 0 spiro atoms. The highest BCUT2D eigenvalue weighted by Crippen LogP contribution is 2.25. The quantitative estimate of drug-likeness (QED) is 0.608. The Balaban J connectivity index is 2.06. The summed E-state index contributed by atoms with van der Waals surface area (Å²) < 4.78 is 9.82. The lowest BCUT2D eigenvalue weighted by Crippen LogP contribution is -2.41. The third-order valence-corrected chi connectivity index (χ3v) is 3.27. The van der Waals surface area contributed by atoms with E-state index < -0.39 is 12.0 Å². The van der Waals surface area contributed by atoms with Crippen molar-refractivity contribution < 1.29 is 23.9 Å². The molecule has 0 aromatic heterocycles. The Labute approximate surface area is 128 Å². The summed E-state index contributed by atoms with van der Waals surface area (Å²) >= 11 is 0. The molecule has 1 atom stereocenters. The highest BCUT2D eigenvalue weighted by molar-refractivity contribution is 6.22. The predicted octanol–water partition coefficient (Wildman–Crippen LogP) is 0.480. The zero-order chi connectivity index (χ0) is 16.1. The van der Waals surface area contributed by atoms with Crippen molar-refractivity contribution in [3.63, 3.8) is 0 Å². The van der Waals surface area contributed by atoms with Gasteiger partial charge in [-0.1, -0.05) is 0 Å². The predicted molar refractivity (Wildman–Crippen MR) is 78.5 cm³/mol. The maximum absolute atomic E-state index is 12.3. The molecule has 1 N–H and O–H groups in total. The van der Waals surface area contributed by atoms with Gasteiger partial charge in [-0.05, 0) is 31.2 Å². The summed E-state index contributed by atoms with van der Waals surface area (Å²) in [6.07, 6.45) is 0.0169. The van der Waals surface area contributed by atoms with Gasteiger partial charge in [0.15, 0.2) is 0 Å². The first kappa shape index (κ1) is 16.0. The van der Waals surface area contributed by atoms with E-state index >= 15 is 0 Å². The number of methoxy groups -OCH3 is 1. The summed E-state index contributed by atoms with van der Waals surface area (Å²) in [7, 11) is 1.26. The summed E-state index contributed by atoms with van der Waals surface area (Å²) in [4.78, 5) is 36.5. The number of anilines is 1. The molecule has 7 heteroatoms. The van der Waals surface area contributed by atoms with Gasteiger partial charge in [0, 0.05) is 0 Å². The first-order valence-electron chi connectivity index (χ1n) is 6.96. The minimum Gasteiger partial charge on any atom is -0.494 e. The highest BCUT2D eigenvalue weighted by Gasteiger charge is 2.39. The molecular formula is C15H18N2O5. The van der Waals surface area contributed by atoms with Crippen LogP contribution in [0.5, 0.6) is 5.75 Å². The van der Waals surface area contributed by atoms with Crippen LogP contribution in [0.25, 0.3) is 0 Å². The molecule has 0 saturated carbocycles. The summed E-state index contributed by atoms with van der Waals surface area (Å²) in [5.74, 6) is -0.500. The summed E-state index contributed by atoms with van der Waals surface area (Å²) in [6, 6.07) is 6.01. The number of amides is 2. The van der Waals surface area contributed by atoms with Crippen LogP contribution in [-0.4, -0.2) is 44.1 Å². The Kier molecular flexibility index (Phi) is 5.11.